The van der Waals surface area contributed by atoms with E-state index in [2.05, 4.69) is 10.4 Å². The van der Waals surface area contributed by atoms with Crippen molar-refractivity contribution in [2.75, 3.05) is 18.1 Å². The van der Waals surface area contributed by atoms with Gasteiger partial charge in [0.1, 0.15) is 5.84 Å². The van der Waals surface area contributed by atoms with E-state index in [1.54, 1.807) is 11.1 Å². The summed E-state index contributed by atoms with van der Waals surface area (Å²) in [4.78, 5) is 0. The molecule has 3 rings (SSSR count). The maximum atomic E-state index is 12.8. The van der Waals surface area contributed by atoms with E-state index in [4.69, 9.17) is 0 Å². The predicted octanol–water partition coefficient (Wildman–Crippen LogP) is 4.53. The topological polar surface area (TPSA) is 27.6 Å². The number of hydrogen-bond donors (Lipinski definition) is 1. The third-order valence-corrected chi connectivity index (χ3v) is 3.81. The first kappa shape index (κ1) is 17.1. The zero-order chi connectivity index (χ0) is 17.7. The maximum Gasteiger partial charge on any atom is 0.416 e. The van der Waals surface area contributed by atoms with Gasteiger partial charge in [-0.2, -0.15) is 18.3 Å². The lowest BCUT2D eigenvalue weighted by atomic mass is 10.2. The molecule has 1 aliphatic heterocycles. The molecule has 1 N–H and O–H groups in total. The van der Waals surface area contributed by atoms with E-state index in [0.29, 0.717) is 25.2 Å². The Morgan fingerprint density at radius 1 is 1.08 bits per heavy atom. The quantitative estimate of drug-likeness (QED) is 0.881. The summed E-state index contributed by atoms with van der Waals surface area (Å²) in [6.45, 7) is 1.18. The molecule has 130 valence electrons. The molecule has 0 radical (unpaired) electrons. The first-order valence-corrected chi connectivity index (χ1v) is 8.00. The van der Waals surface area contributed by atoms with Crippen molar-refractivity contribution in [2.45, 2.75) is 12.6 Å². The summed E-state index contributed by atoms with van der Waals surface area (Å²) >= 11 is 0. The van der Waals surface area contributed by atoms with E-state index in [9.17, 15) is 13.2 Å². The van der Waals surface area contributed by atoms with Gasteiger partial charge < -0.3 is 5.32 Å². The van der Waals surface area contributed by atoms with Gasteiger partial charge in [0, 0.05) is 19.5 Å². The minimum absolute atomic E-state index is 0.450. The molecule has 0 saturated carbocycles. The number of hydrazone groups is 1. The van der Waals surface area contributed by atoms with Crippen LogP contribution in [0, 0.1) is 0 Å². The molecule has 2 aromatic carbocycles. The monoisotopic (exact) mass is 345 g/mol. The molecule has 6 heteroatoms. The van der Waals surface area contributed by atoms with Crippen molar-refractivity contribution in [1.29, 1.82) is 0 Å². The number of amidine groups is 1. The van der Waals surface area contributed by atoms with Crippen LogP contribution in [0.25, 0.3) is 6.08 Å². The number of halogens is 3. The van der Waals surface area contributed by atoms with Crippen LogP contribution in [0.3, 0.4) is 0 Å². The van der Waals surface area contributed by atoms with Crippen LogP contribution in [-0.4, -0.2) is 18.9 Å². The van der Waals surface area contributed by atoms with Crippen molar-refractivity contribution < 1.29 is 13.2 Å². The number of nitrogens with zero attached hydrogens (tertiary/aromatic N) is 2. The lowest BCUT2D eigenvalue weighted by Gasteiger charge is -2.15. The molecule has 2 aromatic rings. The molecule has 0 saturated heterocycles. The second-order valence-electron chi connectivity index (χ2n) is 5.66. The van der Waals surface area contributed by atoms with Crippen LogP contribution in [0.2, 0.25) is 0 Å². The first-order valence-electron chi connectivity index (χ1n) is 8.00. The van der Waals surface area contributed by atoms with Gasteiger partial charge >= 0.3 is 6.18 Å². The third kappa shape index (κ3) is 4.62. The van der Waals surface area contributed by atoms with Gasteiger partial charge in [0.15, 0.2) is 0 Å². The van der Waals surface area contributed by atoms with E-state index in [1.165, 1.54) is 6.07 Å². The van der Waals surface area contributed by atoms with E-state index in [0.717, 1.165) is 23.5 Å². The molecule has 0 bridgehead atoms. The number of anilines is 1. The molecule has 0 unspecified atom stereocenters. The smallest absolute Gasteiger partial charge is 0.369 e. The standard InChI is InChI=1S/C19H18F3N3/c20-19(21,22)16-9-4-10-17(14-16)25-13-11-18(24-25)23-12-5-8-15-6-2-1-3-7-15/h1-10,14H,11-13H2,(H,23,24)/b8-5+. The minimum Gasteiger partial charge on any atom is -0.369 e. The average Bonchev–Trinajstić information content (AvgIpc) is 3.08. The largest absolute Gasteiger partial charge is 0.416 e. The second-order valence-corrected chi connectivity index (χ2v) is 5.66. The molecule has 0 spiro atoms. The summed E-state index contributed by atoms with van der Waals surface area (Å²) in [5.74, 6) is 0.773. The van der Waals surface area contributed by atoms with Gasteiger partial charge in [0.2, 0.25) is 0 Å². The lowest BCUT2D eigenvalue weighted by Crippen LogP contribution is -2.21. The van der Waals surface area contributed by atoms with Gasteiger partial charge in [0.05, 0.1) is 11.3 Å². The van der Waals surface area contributed by atoms with Crippen LogP contribution < -0.4 is 10.3 Å². The molecule has 1 heterocycles. The van der Waals surface area contributed by atoms with Gasteiger partial charge in [-0.25, -0.2) is 0 Å². The van der Waals surface area contributed by atoms with Gasteiger partial charge in [-0.15, -0.1) is 0 Å². The Morgan fingerprint density at radius 3 is 2.64 bits per heavy atom. The second kappa shape index (κ2) is 7.42. The van der Waals surface area contributed by atoms with Crippen molar-refractivity contribution in [3.05, 3.63) is 71.8 Å². The number of benzene rings is 2. The molecule has 1 aliphatic rings. The van der Waals surface area contributed by atoms with Gasteiger partial charge in [-0.3, -0.25) is 5.01 Å². The van der Waals surface area contributed by atoms with Crippen LogP contribution in [0.1, 0.15) is 17.5 Å². The Balaban J connectivity index is 1.58. The Labute approximate surface area is 144 Å². The summed E-state index contributed by atoms with van der Waals surface area (Å²) in [6.07, 6.45) is 0.329. The van der Waals surface area contributed by atoms with E-state index in [1.807, 2.05) is 42.5 Å². The summed E-state index contributed by atoms with van der Waals surface area (Å²) in [5, 5.41) is 9.16. The number of rotatable bonds is 4. The molecule has 0 aromatic heterocycles. The number of alkyl halides is 3. The number of nitrogens with one attached hydrogen (secondary N) is 1. The van der Waals surface area contributed by atoms with Crippen LogP contribution >= 0.6 is 0 Å². The highest BCUT2D eigenvalue weighted by Gasteiger charge is 2.31. The van der Waals surface area contributed by atoms with Crippen LogP contribution in [0.15, 0.2) is 65.8 Å². The summed E-state index contributed by atoms with van der Waals surface area (Å²) < 4.78 is 38.4. The molecular weight excluding hydrogens is 327 g/mol. The molecule has 0 aliphatic carbocycles. The highest BCUT2D eigenvalue weighted by molar-refractivity contribution is 5.86. The van der Waals surface area contributed by atoms with E-state index < -0.39 is 11.7 Å². The SMILES string of the molecule is FC(F)(F)c1cccc(N2CCC(NC/C=C/c3ccccc3)=N2)c1. The highest BCUT2D eigenvalue weighted by atomic mass is 19.4. The van der Waals surface area contributed by atoms with Crippen molar-refractivity contribution >= 4 is 17.6 Å². The van der Waals surface area contributed by atoms with Crippen molar-refractivity contribution in [3.63, 3.8) is 0 Å². The van der Waals surface area contributed by atoms with Crippen molar-refractivity contribution in [2.24, 2.45) is 5.10 Å². The summed E-state index contributed by atoms with van der Waals surface area (Å²) in [5.41, 5.74) is 0.905. The fourth-order valence-electron chi connectivity index (χ4n) is 2.55. The highest BCUT2D eigenvalue weighted by Crippen LogP contribution is 2.32. The Bertz CT molecular complexity index is 767. The Kier molecular flexibility index (Phi) is 5.07. The molecule has 0 fully saturated rings. The van der Waals surface area contributed by atoms with Crippen molar-refractivity contribution in [1.82, 2.24) is 5.32 Å². The number of hydrogen-bond acceptors (Lipinski definition) is 3. The average molecular weight is 345 g/mol. The minimum atomic E-state index is -4.34. The Hall–Kier alpha value is -2.76. The fraction of sp³-hybridized carbons (Fsp3) is 0.211. The lowest BCUT2D eigenvalue weighted by molar-refractivity contribution is -0.137. The Morgan fingerprint density at radius 2 is 1.88 bits per heavy atom. The van der Waals surface area contributed by atoms with Gasteiger partial charge in [-0.05, 0) is 23.8 Å². The molecule has 0 amide bonds. The van der Waals surface area contributed by atoms with Gasteiger partial charge in [0.25, 0.3) is 0 Å². The van der Waals surface area contributed by atoms with Crippen molar-refractivity contribution in [3.8, 4) is 0 Å². The summed E-state index contributed by atoms with van der Waals surface area (Å²) in [7, 11) is 0. The van der Waals surface area contributed by atoms with Crippen LogP contribution in [0.5, 0.6) is 0 Å². The maximum absolute atomic E-state index is 12.8. The van der Waals surface area contributed by atoms with E-state index >= 15 is 0 Å². The van der Waals surface area contributed by atoms with Gasteiger partial charge in [-0.1, -0.05) is 48.6 Å². The van der Waals surface area contributed by atoms with Crippen LogP contribution in [0.4, 0.5) is 18.9 Å². The van der Waals surface area contributed by atoms with Crippen LogP contribution in [-0.2, 0) is 6.18 Å². The first-order chi connectivity index (χ1) is 12.0. The third-order valence-electron chi connectivity index (χ3n) is 3.81. The normalized spacial score (nSPS) is 14.8. The zero-order valence-electron chi connectivity index (χ0n) is 13.5. The van der Waals surface area contributed by atoms with E-state index in [-0.39, 0.29) is 0 Å². The predicted molar refractivity (Wildman–Crippen MR) is 94.3 cm³/mol. The molecule has 0 atom stereocenters. The molecule has 25 heavy (non-hydrogen) atoms. The molecule has 3 nitrogen and oxygen atoms in total. The molecular formula is C19H18F3N3. The summed E-state index contributed by atoms with van der Waals surface area (Å²) in [6, 6.07) is 15.2. The fourth-order valence-corrected chi connectivity index (χ4v) is 2.55. The zero-order valence-corrected chi connectivity index (χ0v) is 13.5.